The Kier molecular flexibility index (Phi) is 36.2. The third kappa shape index (κ3) is 27.0. The summed E-state index contributed by atoms with van der Waals surface area (Å²) in [6.45, 7) is 10.2. The van der Waals surface area contributed by atoms with E-state index in [0.717, 1.165) is 26.1 Å². The molecule has 2 nitrogen and oxygen atoms in total. The van der Waals surface area contributed by atoms with E-state index in [2.05, 4.69) is 20.8 Å². The minimum atomic E-state index is 0. The van der Waals surface area contributed by atoms with E-state index in [1.54, 1.807) is 0 Å². The number of rotatable bonds is 22. The first-order chi connectivity index (χ1) is 12.8. The molecule has 0 aliphatic rings. The Hall–Kier alpha value is 0.976. The van der Waals surface area contributed by atoms with Crippen molar-refractivity contribution in [3.05, 3.63) is 6.92 Å². The number of hydrogen-bond donors (Lipinski definition) is 0. The van der Waals surface area contributed by atoms with E-state index in [-0.39, 0.29) is 41.7 Å². The maximum absolute atomic E-state index is 6.03. The van der Waals surface area contributed by atoms with Crippen LogP contribution in [0.2, 0.25) is 0 Å². The molecule has 0 N–H and O–H groups in total. The summed E-state index contributed by atoms with van der Waals surface area (Å²) in [5.74, 6) is 0. The first kappa shape index (κ1) is 33.6. The van der Waals surface area contributed by atoms with Gasteiger partial charge in [0.1, 0.15) is 0 Å². The molecule has 0 fully saturated rings. The van der Waals surface area contributed by atoms with Crippen LogP contribution in [-0.4, -0.2) is 42.6 Å². The van der Waals surface area contributed by atoms with E-state index < -0.39 is 0 Å². The third-order valence-electron chi connectivity index (χ3n) is 5.04. The maximum Gasteiger partial charge on any atom is 2.00 e. The molecule has 0 spiro atoms. The Bertz CT molecular complexity index is 235. The van der Waals surface area contributed by atoms with Gasteiger partial charge in [-0.1, -0.05) is 104 Å². The van der Waals surface area contributed by atoms with E-state index in [4.69, 9.17) is 9.47 Å². The van der Waals surface area contributed by atoms with Crippen LogP contribution >= 0.6 is 0 Å². The molecule has 0 rings (SSSR count). The summed E-state index contributed by atoms with van der Waals surface area (Å²) in [5, 5.41) is 0. The van der Waals surface area contributed by atoms with Crippen molar-refractivity contribution in [2.45, 2.75) is 136 Å². The van der Waals surface area contributed by atoms with Gasteiger partial charge in [0, 0.05) is 13.2 Å². The Morgan fingerprint density at radius 2 is 0.964 bits per heavy atom. The molecule has 0 saturated heterocycles. The Labute approximate surface area is 200 Å². The van der Waals surface area contributed by atoms with Crippen molar-refractivity contribution >= 4 is 23.1 Å². The second kappa shape index (κ2) is 30.2. The molecule has 0 unspecified atom stereocenters. The molecular formula is C24H49ClMgO2. The largest absolute Gasteiger partial charge is 2.00 e. The van der Waals surface area contributed by atoms with Gasteiger partial charge in [0.25, 0.3) is 0 Å². The standard InChI is InChI=1S/C24H49O2.ClH.Mg/c1-4-7-10-12-14-16-19-22-25-24(21-18-9-6-3)26-23-20-17-15-13-11-8-5-2;;/h24H,3-23H2,1-2H3;1H;/q-1;;+2/p-1. The second-order valence-corrected chi connectivity index (χ2v) is 7.76. The van der Waals surface area contributed by atoms with Crippen LogP contribution in [0.15, 0.2) is 0 Å². The van der Waals surface area contributed by atoms with Gasteiger partial charge >= 0.3 is 23.1 Å². The summed E-state index contributed by atoms with van der Waals surface area (Å²) < 4.78 is 12.1. The molecule has 166 valence electrons. The molecule has 0 heterocycles. The first-order valence-electron chi connectivity index (χ1n) is 11.9. The van der Waals surface area contributed by atoms with Crippen molar-refractivity contribution in [3.8, 4) is 0 Å². The molecule has 28 heavy (non-hydrogen) atoms. The van der Waals surface area contributed by atoms with Gasteiger partial charge in [0.05, 0.1) is 0 Å². The minimum Gasteiger partial charge on any atom is -1.00 e. The number of unbranched alkanes of at least 4 members (excludes halogenated alkanes) is 14. The molecule has 0 radical (unpaired) electrons. The van der Waals surface area contributed by atoms with Gasteiger partial charge in [0.15, 0.2) is 6.29 Å². The van der Waals surface area contributed by atoms with Gasteiger partial charge in [-0.2, -0.15) is 6.42 Å². The third-order valence-corrected chi connectivity index (χ3v) is 5.04. The van der Waals surface area contributed by atoms with Crippen molar-refractivity contribution in [3.63, 3.8) is 0 Å². The summed E-state index contributed by atoms with van der Waals surface area (Å²) in [5.41, 5.74) is 0. The molecule has 0 bridgehead atoms. The Morgan fingerprint density at radius 3 is 1.36 bits per heavy atom. The van der Waals surface area contributed by atoms with Gasteiger partial charge in [-0.25, -0.2) is 0 Å². The van der Waals surface area contributed by atoms with E-state index in [1.807, 2.05) is 0 Å². The van der Waals surface area contributed by atoms with Crippen molar-refractivity contribution in [2.75, 3.05) is 13.2 Å². The van der Waals surface area contributed by atoms with E-state index in [1.165, 1.54) is 103 Å². The summed E-state index contributed by atoms with van der Waals surface area (Å²) >= 11 is 0. The van der Waals surface area contributed by atoms with Crippen LogP contribution in [-0.2, 0) is 9.47 Å². The molecule has 0 amide bonds. The monoisotopic (exact) mass is 428 g/mol. The van der Waals surface area contributed by atoms with Gasteiger partial charge in [-0.3, -0.25) is 0 Å². The zero-order valence-electron chi connectivity index (χ0n) is 19.3. The predicted molar refractivity (Wildman–Crippen MR) is 121 cm³/mol. The second-order valence-electron chi connectivity index (χ2n) is 7.76. The fourth-order valence-electron chi connectivity index (χ4n) is 3.25. The van der Waals surface area contributed by atoms with E-state index >= 15 is 0 Å². The minimum absolute atomic E-state index is 0. The van der Waals surface area contributed by atoms with Crippen molar-refractivity contribution < 1.29 is 21.9 Å². The molecular weight excluding hydrogens is 380 g/mol. The van der Waals surface area contributed by atoms with Crippen LogP contribution in [0.3, 0.4) is 0 Å². The van der Waals surface area contributed by atoms with Crippen LogP contribution in [0.5, 0.6) is 0 Å². The fraction of sp³-hybridized carbons (Fsp3) is 0.958. The van der Waals surface area contributed by atoms with E-state index in [9.17, 15) is 0 Å². The van der Waals surface area contributed by atoms with Crippen molar-refractivity contribution in [1.82, 2.24) is 0 Å². The molecule has 4 heteroatoms. The summed E-state index contributed by atoms with van der Waals surface area (Å²) in [4.78, 5) is 0. The zero-order chi connectivity index (χ0) is 19.1. The Balaban J connectivity index is -0.00000312. The van der Waals surface area contributed by atoms with Crippen molar-refractivity contribution in [2.24, 2.45) is 0 Å². The molecule has 0 aromatic heterocycles. The molecule has 0 aliphatic carbocycles. The quantitative estimate of drug-likeness (QED) is 0.106. The molecule has 0 saturated carbocycles. The average molecular weight is 429 g/mol. The van der Waals surface area contributed by atoms with Crippen molar-refractivity contribution in [1.29, 1.82) is 0 Å². The maximum atomic E-state index is 6.03. The summed E-state index contributed by atoms with van der Waals surface area (Å²) in [6, 6.07) is 0. The number of ether oxygens (including phenoxy) is 2. The fourth-order valence-corrected chi connectivity index (χ4v) is 3.25. The number of halogens is 1. The first-order valence-corrected chi connectivity index (χ1v) is 11.9. The van der Waals surface area contributed by atoms with Gasteiger partial charge < -0.3 is 28.8 Å². The number of hydrogen-bond acceptors (Lipinski definition) is 2. The predicted octanol–water partition coefficient (Wildman–Crippen LogP) is 4.86. The van der Waals surface area contributed by atoms with Gasteiger partial charge in [0.2, 0.25) is 0 Å². The normalized spacial score (nSPS) is 10.7. The van der Waals surface area contributed by atoms with E-state index in [0.29, 0.717) is 0 Å². The van der Waals surface area contributed by atoms with Crippen LogP contribution in [0.1, 0.15) is 129 Å². The zero-order valence-corrected chi connectivity index (χ0v) is 21.5. The molecule has 0 aromatic rings. The van der Waals surface area contributed by atoms with Crippen LogP contribution in [0.25, 0.3) is 0 Å². The Morgan fingerprint density at radius 1 is 0.571 bits per heavy atom. The van der Waals surface area contributed by atoms with Crippen LogP contribution in [0.4, 0.5) is 0 Å². The van der Waals surface area contributed by atoms with Crippen LogP contribution in [0, 0.1) is 6.92 Å². The molecule has 0 atom stereocenters. The topological polar surface area (TPSA) is 18.5 Å². The summed E-state index contributed by atoms with van der Waals surface area (Å²) in [7, 11) is 0. The van der Waals surface area contributed by atoms with Gasteiger partial charge in [-0.05, 0) is 19.3 Å². The average Bonchev–Trinajstić information content (AvgIpc) is 2.65. The molecule has 0 aromatic carbocycles. The molecule has 0 aliphatic heterocycles. The SMILES string of the molecule is [CH2-]CCCCC(OCCCCCCCCC)OCCCCCCCCC.[Cl-].[Mg+2]. The van der Waals surface area contributed by atoms with Gasteiger partial charge in [-0.15, -0.1) is 0 Å². The summed E-state index contributed by atoms with van der Waals surface area (Å²) in [6.07, 6.45) is 23.1. The smallest absolute Gasteiger partial charge is 1.00 e. The van der Waals surface area contributed by atoms with Crippen LogP contribution < -0.4 is 12.4 Å².